The van der Waals surface area contributed by atoms with Gasteiger partial charge in [-0.25, -0.2) is 0 Å². The van der Waals surface area contributed by atoms with Crippen molar-refractivity contribution in [1.82, 2.24) is 0 Å². The minimum Gasteiger partial charge on any atom is -0.0835 e. The molecule has 0 saturated heterocycles. The van der Waals surface area contributed by atoms with E-state index in [-0.39, 0.29) is 0 Å². The van der Waals surface area contributed by atoms with Gasteiger partial charge in [0.15, 0.2) is 0 Å². The van der Waals surface area contributed by atoms with Crippen LogP contribution in [-0.4, -0.2) is 0 Å². The van der Waals surface area contributed by atoms with Crippen molar-refractivity contribution in [1.29, 1.82) is 0 Å². The van der Waals surface area contributed by atoms with E-state index in [0.717, 1.165) is 4.47 Å². The van der Waals surface area contributed by atoms with Gasteiger partial charge in [0.1, 0.15) is 0 Å². The molecule has 2 unspecified atom stereocenters. The minimum absolute atomic E-state index is 0.416. The van der Waals surface area contributed by atoms with Crippen LogP contribution in [0.5, 0.6) is 0 Å². The fourth-order valence-corrected chi connectivity index (χ4v) is 3.17. The summed E-state index contributed by atoms with van der Waals surface area (Å²) in [4.78, 5) is 0.416. The van der Waals surface area contributed by atoms with Crippen LogP contribution in [0.2, 0.25) is 0 Å². The molecule has 0 nitrogen and oxygen atoms in total. The van der Waals surface area contributed by atoms with Gasteiger partial charge >= 0.3 is 0 Å². The number of rotatable bonds is 3. The summed E-state index contributed by atoms with van der Waals surface area (Å²) >= 11 is 10.8. The lowest BCUT2D eigenvalue weighted by Gasteiger charge is -2.18. The third kappa shape index (κ3) is 3.07. The molecule has 2 atom stereocenters. The number of benzene rings is 1. The molecule has 0 heterocycles. The topological polar surface area (TPSA) is 0 Å². The van der Waals surface area contributed by atoms with Gasteiger partial charge in [-0.15, -0.1) is 0 Å². The van der Waals surface area contributed by atoms with Crippen LogP contribution in [0.4, 0.5) is 0 Å². The monoisotopic (exact) mass is 382 g/mol. The summed E-state index contributed by atoms with van der Waals surface area (Å²) in [5, 5.41) is 0. The summed E-state index contributed by atoms with van der Waals surface area (Å²) < 4.78 is 2.30. The molecule has 0 radical (unpaired) electrons. The first-order chi connectivity index (χ1) is 6.56. The highest BCUT2D eigenvalue weighted by atomic mass is 79.9. The lowest BCUT2D eigenvalue weighted by atomic mass is 9.99. The summed E-state index contributed by atoms with van der Waals surface area (Å²) in [5.41, 5.74) is 1.31. The molecule has 1 rings (SSSR count). The fraction of sp³-hybridized carbons (Fsp3) is 0.455. The second-order valence-electron chi connectivity index (χ2n) is 3.45. The van der Waals surface area contributed by atoms with Crippen LogP contribution in [0.3, 0.4) is 0 Å². The van der Waals surface area contributed by atoms with Gasteiger partial charge in [0.05, 0.1) is 0 Å². The average Bonchev–Trinajstić information content (AvgIpc) is 2.19. The summed E-state index contributed by atoms with van der Waals surface area (Å²) in [6.07, 6.45) is 1.18. The molecule has 0 fully saturated rings. The molecule has 0 N–H and O–H groups in total. The van der Waals surface area contributed by atoms with Gasteiger partial charge < -0.3 is 0 Å². The first kappa shape index (κ1) is 12.7. The van der Waals surface area contributed by atoms with E-state index in [4.69, 9.17) is 0 Å². The first-order valence-corrected chi connectivity index (χ1v) is 7.15. The van der Waals surface area contributed by atoms with E-state index in [1.807, 2.05) is 6.07 Å². The molecule has 1 aromatic carbocycles. The lowest BCUT2D eigenvalue weighted by Crippen LogP contribution is -2.02. The molecule has 0 aliphatic carbocycles. The quantitative estimate of drug-likeness (QED) is 0.587. The first-order valence-electron chi connectivity index (χ1n) is 4.65. The van der Waals surface area contributed by atoms with Crippen molar-refractivity contribution >= 4 is 47.8 Å². The van der Waals surface area contributed by atoms with Crippen molar-refractivity contribution in [2.24, 2.45) is 5.92 Å². The Kier molecular flexibility index (Phi) is 5.15. The molecule has 3 heteroatoms. The second-order valence-corrected chi connectivity index (χ2v) is 6.21. The van der Waals surface area contributed by atoms with Crippen LogP contribution in [0.25, 0.3) is 0 Å². The zero-order chi connectivity index (χ0) is 10.7. The van der Waals surface area contributed by atoms with Gasteiger partial charge in [-0.1, -0.05) is 68.1 Å². The second kappa shape index (κ2) is 5.66. The lowest BCUT2D eigenvalue weighted by molar-refractivity contribution is 0.554. The largest absolute Gasteiger partial charge is 0.0835 e. The van der Waals surface area contributed by atoms with E-state index in [9.17, 15) is 0 Å². The molecule has 0 saturated carbocycles. The maximum Gasteiger partial charge on any atom is 0.0432 e. The van der Waals surface area contributed by atoms with Crippen molar-refractivity contribution in [3.63, 3.8) is 0 Å². The van der Waals surface area contributed by atoms with Crippen LogP contribution < -0.4 is 0 Å². The molecule has 0 aliphatic rings. The highest BCUT2D eigenvalue weighted by molar-refractivity contribution is 9.11. The van der Waals surface area contributed by atoms with E-state index in [1.165, 1.54) is 16.5 Å². The Bertz CT molecular complexity index is 309. The van der Waals surface area contributed by atoms with Crippen molar-refractivity contribution in [2.45, 2.75) is 25.1 Å². The summed E-state index contributed by atoms with van der Waals surface area (Å²) in [6.45, 7) is 4.47. The van der Waals surface area contributed by atoms with Gasteiger partial charge in [-0.2, -0.15) is 0 Å². The van der Waals surface area contributed by atoms with Gasteiger partial charge in [0.2, 0.25) is 0 Å². The Balaban J connectivity index is 2.99. The Morgan fingerprint density at radius 2 is 1.93 bits per heavy atom. The summed E-state index contributed by atoms with van der Waals surface area (Å²) in [7, 11) is 0. The Morgan fingerprint density at radius 3 is 2.50 bits per heavy atom. The van der Waals surface area contributed by atoms with Gasteiger partial charge in [-0.3, -0.25) is 0 Å². The summed E-state index contributed by atoms with van der Waals surface area (Å²) in [6, 6.07) is 6.29. The Morgan fingerprint density at radius 1 is 1.29 bits per heavy atom. The maximum atomic E-state index is 3.75. The molecule has 0 aliphatic heterocycles. The van der Waals surface area contributed by atoms with E-state index in [2.05, 4.69) is 73.8 Å². The predicted octanol–water partition coefficient (Wildman–Crippen LogP) is 5.69. The molecular weight excluding hydrogens is 372 g/mol. The zero-order valence-corrected chi connectivity index (χ0v) is 13.0. The molecular formula is C11H13Br3. The normalized spacial score (nSPS) is 15.2. The molecule has 0 amide bonds. The standard InChI is InChI=1S/C11H13Br3/c1-3-7(2)11(14)9-6-8(12)4-5-10(9)13/h4-7,11H,3H2,1-2H3. The number of halogens is 3. The van der Waals surface area contributed by atoms with Gasteiger partial charge in [0, 0.05) is 13.8 Å². The van der Waals surface area contributed by atoms with E-state index >= 15 is 0 Å². The SMILES string of the molecule is CCC(C)C(Br)c1cc(Br)ccc1Br. The number of hydrogen-bond acceptors (Lipinski definition) is 0. The molecule has 78 valence electrons. The fourth-order valence-electron chi connectivity index (χ4n) is 1.24. The Hall–Kier alpha value is 0.660. The van der Waals surface area contributed by atoms with E-state index in [0.29, 0.717) is 10.7 Å². The minimum atomic E-state index is 0.416. The predicted molar refractivity (Wildman–Crippen MR) is 73.0 cm³/mol. The van der Waals surface area contributed by atoms with Crippen LogP contribution in [-0.2, 0) is 0 Å². The van der Waals surface area contributed by atoms with Crippen molar-refractivity contribution in [2.75, 3.05) is 0 Å². The molecule has 0 spiro atoms. The smallest absolute Gasteiger partial charge is 0.0432 e. The van der Waals surface area contributed by atoms with E-state index in [1.54, 1.807) is 0 Å². The third-order valence-electron chi connectivity index (χ3n) is 2.40. The van der Waals surface area contributed by atoms with Crippen LogP contribution in [0, 0.1) is 5.92 Å². The average molecular weight is 385 g/mol. The van der Waals surface area contributed by atoms with Crippen molar-refractivity contribution < 1.29 is 0 Å². The van der Waals surface area contributed by atoms with Crippen molar-refractivity contribution in [3.8, 4) is 0 Å². The van der Waals surface area contributed by atoms with Gasteiger partial charge in [-0.05, 0) is 29.7 Å². The third-order valence-corrected chi connectivity index (χ3v) is 5.01. The Labute approximate surface area is 111 Å². The molecule has 1 aromatic rings. The number of hydrogen-bond donors (Lipinski definition) is 0. The van der Waals surface area contributed by atoms with Crippen molar-refractivity contribution in [3.05, 3.63) is 32.7 Å². The maximum absolute atomic E-state index is 3.75. The molecule has 0 bridgehead atoms. The van der Waals surface area contributed by atoms with Gasteiger partial charge in [0.25, 0.3) is 0 Å². The number of alkyl halides is 1. The zero-order valence-electron chi connectivity index (χ0n) is 8.23. The van der Waals surface area contributed by atoms with Crippen LogP contribution in [0.15, 0.2) is 27.1 Å². The molecule has 14 heavy (non-hydrogen) atoms. The van der Waals surface area contributed by atoms with Crippen LogP contribution in [0.1, 0.15) is 30.7 Å². The highest BCUT2D eigenvalue weighted by Crippen LogP contribution is 2.38. The summed E-state index contributed by atoms with van der Waals surface area (Å²) in [5.74, 6) is 0.639. The van der Waals surface area contributed by atoms with E-state index < -0.39 is 0 Å². The van der Waals surface area contributed by atoms with Crippen LogP contribution >= 0.6 is 47.8 Å². The highest BCUT2D eigenvalue weighted by Gasteiger charge is 2.17. The molecule has 0 aromatic heterocycles.